The Labute approximate surface area is 252 Å². The van der Waals surface area contributed by atoms with E-state index in [1.54, 1.807) is 0 Å². The van der Waals surface area contributed by atoms with E-state index in [4.69, 9.17) is 14.2 Å². The van der Waals surface area contributed by atoms with Gasteiger partial charge in [-0.05, 0) is 150 Å². The lowest BCUT2D eigenvalue weighted by atomic mass is 9.73. The van der Waals surface area contributed by atoms with Crippen molar-refractivity contribution in [2.24, 2.45) is 16.2 Å². The largest absolute Gasteiger partial charge is 0.381 e. The number of nitrogens with zero attached hydrogens (tertiary/aromatic N) is 3. The molecule has 6 saturated heterocycles. The summed E-state index contributed by atoms with van der Waals surface area (Å²) in [5.41, 5.74) is 2.14. The Morgan fingerprint density at radius 2 is 1.00 bits per heavy atom. The van der Waals surface area contributed by atoms with Crippen LogP contribution in [-0.4, -0.2) is 110 Å². The van der Waals surface area contributed by atoms with Gasteiger partial charge >= 0.3 is 0 Å². The van der Waals surface area contributed by atoms with Crippen LogP contribution in [0.1, 0.15) is 112 Å². The van der Waals surface area contributed by atoms with E-state index in [1.165, 1.54) is 116 Å². The van der Waals surface area contributed by atoms with Gasteiger partial charge in [0.1, 0.15) is 0 Å². The Morgan fingerprint density at radius 1 is 0.488 bits per heavy atom. The zero-order valence-corrected chi connectivity index (χ0v) is 27.5. The van der Waals surface area contributed by atoms with Gasteiger partial charge in [-0.15, -0.1) is 0 Å². The average Bonchev–Trinajstić information content (AvgIpc) is 3.60. The fourth-order valence-electron chi connectivity index (χ4n) is 9.43. The summed E-state index contributed by atoms with van der Waals surface area (Å²) in [5, 5.41) is 0. The Bertz CT molecular complexity index is 869. The molecule has 0 radical (unpaired) electrons. The van der Waals surface area contributed by atoms with Crippen LogP contribution in [0.25, 0.3) is 0 Å². The van der Waals surface area contributed by atoms with Crippen molar-refractivity contribution in [3.63, 3.8) is 0 Å². The molecule has 6 aliphatic rings. The van der Waals surface area contributed by atoms with Crippen LogP contribution in [0.4, 0.5) is 0 Å². The van der Waals surface area contributed by atoms with Gasteiger partial charge in [0.05, 0.1) is 26.4 Å². The highest BCUT2D eigenvalue weighted by molar-refractivity contribution is 5.01. The predicted octanol–water partition coefficient (Wildman–Crippen LogP) is 5.98. The highest BCUT2D eigenvalue weighted by Crippen LogP contribution is 2.46. The third-order valence-electron chi connectivity index (χ3n) is 13.5. The molecule has 2 atom stereocenters. The summed E-state index contributed by atoms with van der Waals surface area (Å²) in [6.07, 6.45) is 15.6. The summed E-state index contributed by atoms with van der Waals surface area (Å²) in [7, 11) is 0. The number of piperidine rings is 3. The monoisotopic (exact) mass is 573 g/mol. The van der Waals surface area contributed by atoms with Gasteiger partial charge in [0, 0.05) is 47.2 Å². The van der Waals surface area contributed by atoms with E-state index < -0.39 is 0 Å². The first-order chi connectivity index (χ1) is 19.5. The van der Waals surface area contributed by atoms with Crippen molar-refractivity contribution in [1.29, 1.82) is 0 Å². The van der Waals surface area contributed by atoms with Crippen molar-refractivity contribution >= 4 is 0 Å². The second kappa shape index (κ2) is 11.6. The fourth-order valence-corrected chi connectivity index (χ4v) is 9.43. The van der Waals surface area contributed by atoms with Gasteiger partial charge in [-0.2, -0.15) is 0 Å². The van der Waals surface area contributed by atoms with E-state index in [9.17, 15) is 0 Å². The molecule has 0 bridgehead atoms. The van der Waals surface area contributed by atoms with Crippen molar-refractivity contribution in [2.75, 3.05) is 78.9 Å². The summed E-state index contributed by atoms with van der Waals surface area (Å²) in [6, 6.07) is 0. The predicted molar refractivity (Wildman–Crippen MR) is 166 cm³/mol. The normalized spacial score (nSPS) is 33.0. The van der Waals surface area contributed by atoms with Gasteiger partial charge in [-0.3, -0.25) is 14.7 Å². The Hall–Kier alpha value is -0.240. The number of hydrogen-bond acceptors (Lipinski definition) is 6. The van der Waals surface area contributed by atoms with Crippen LogP contribution in [0.2, 0.25) is 0 Å². The number of ether oxygens (including phenoxy) is 3. The van der Waals surface area contributed by atoms with Crippen molar-refractivity contribution < 1.29 is 14.2 Å². The molecule has 6 heterocycles. The van der Waals surface area contributed by atoms with Gasteiger partial charge in [0.2, 0.25) is 0 Å². The molecule has 2 unspecified atom stereocenters. The molecule has 0 aromatic carbocycles. The number of rotatable bonds is 9. The quantitative estimate of drug-likeness (QED) is 0.338. The highest BCUT2D eigenvalue weighted by Gasteiger charge is 2.48. The minimum absolute atomic E-state index is 0.232. The Balaban J connectivity index is 1.10. The van der Waals surface area contributed by atoms with Gasteiger partial charge in [-0.25, -0.2) is 0 Å². The highest BCUT2D eigenvalue weighted by atomic mass is 16.5. The van der Waals surface area contributed by atoms with Crippen LogP contribution in [0.3, 0.4) is 0 Å². The third-order valence-corrected chi connectivity index (χ3v) is 13.5. The molecule has 0 amide bonds. The maximum Gasteiger partial charge on any atom is 0.0545 e. The van der Waals surface area contributed by atoms with Crippen molar-refractivity contribution in [3.05, 3.63) is 0 Å². The van der Waals surface area contributed by atoms with Gasteiger partial charge in [0.25, 0.3) is 0 Å². The van der Waals surface area contributed by atoms with E-state index in [0.717, 1.165) is 39.6 Å². The lowest BCUT2D eigenvalue weighted by Crippen LogP contribution is -2.59. The molecule has 3 spiro atoms. The lowest BCUT2D eigenvalue weighted by molar-refractivity contribution is -0.149. The number of likely N-dealkylation sites (tertiary alicyclic amines) is 3. The van der Waals surface area contributed by atoms with Crippen LogP contribution in [-0.2, 0) is 14.2 Å². The molecule has 6 nitrogen and oxygen atoms in total. The molecule has 0 aliphatic carbocycles. The molecule has 6 fully saturated rings. The SMILES string of the molecule is CC(C)(CCC(C)(CCC(C)(C)N1CCCC2(CCOC2)C1)N1CCC2(CC1)COC2)N1CCC2(CCOC2)CC1. The number of hydrogen-bond donors (Lipinski definition) is 0. The molecule has 236 valence electrons. The van der Waals surface area contributed by atoms with Gasteiger partial charge in [-0.1, -0.05) is 0 Å². The first-order valence-corrected chi connectivity index (χ1v) is 17.5. The molecule has 0 N–H and O–H groups in total. The second-order valence-electron chi connectivity index (χ2n) is 17.2. The Morgan fingerprint density at radius 3 is 1.54 bits per heavy atom. The minimum Gasteiger partial charge on any atom is -0.381 e. The summed E-state index contributed by atoms with van der Waals surface area (Å²) in [5.74, 6) is 0. The molecule has 0 aromatic heterocycles. The summed E-state index contributed by atoms with van der Waals surface area (Å²) >= 11 is 0. The van der Waals surface area contributed by atoms with Crippen molar-refractivity contribution in [3.8, 4) is 0 Å². The molecule has 0 saturated carbocycles. The first-order valence-electron chi connectivity index (χ1n) is 17.5. The van der Waals surface area contributed by atoms with Crippen molar-refractivity contribution in [2.45, 2.75) is 128 Å². The first kappa shape index (κ1) is 30.8. The molecule has 6 aliphatic heterocycles. The summed E-state index contributed by atoms with van der Waals surface area (Å²) < 4.78 is 17.4. The van der Waals surface area contributed by atoms with E-state index in [2.05, 4.69) is 49.3 Å². The topological polar surface area (TPSA) is 37.4 Å². The minimum atomic E-state index is 0.232. The average molecular weight is 574 g/mol. The van der Waals surface area contributed by atoms with Crippen LogP contribution in [0.15, 0.2) is 0 Å². The molecule has 6 rings (SSSR count). The standard InChI is InChI=1S/C35H63N3O3/c1-30(2,36-19-12-33(13-20-36)16-23-39-26-33)8-10-32(5,37-21-14-35(15-22-37)28-41-29-35)11-9-31(3,4)38-18-6-7-34(25-38)17-24-40-27-34/h6-29H2,1-5H3. The molecular formula is C35H63N3O3. The molecule has 41 heavy (non-hydrogen) atoms. The third kappa shape index (κ3) is 6.45. The Kier molecular flexibility index (Phi) is 8.71. The zero-order valence-electron chi connectivity index (χ0n) is 27.5. The maximum atomic E-state index is 5.91. The van der Waals surface area contributed by atoms with Gasteiger partial charge in [0.15, 0.2) is 0 Å². The molecular weight excluding hydrogens is 510 g/mol. The van der Waals surface area contributed by atoms with E-state index in [1.807, 2.05) is 0 Å². The fraction of sp³-hybridized carbons (Fsp3) is 1.00. The van der Waals surface area contributed by atoms with Crippen molar-refractivity contribution in [1.82, 2.24) is 14.7 Å². The lowest BCUT2D eigenvalue weighted by Gasteiger charge is -2.54. The second-order valence-corrected chi connectivity index (χ2v) is 17.2. The maximum absolute atomic E-state index is 5.91. The molecule has 0 aromatic rings. The zero-order chi connectivity index (χ0) is 28.8. The van der Waals surface area contributed by atoms with Gasteiger partial charge < -0.3 is 14.2 Å². The van der Waals surface area contributed by atoms with Crippen LogP contribution in [0, 0.1) is 16.2 Å². The smallest absolute Gasteiger partial charge is 0.0545 e. The molecule has 6 heteroatoms. The van der Waals surface area contributed by atoms with E-state index >= 15 is 0 Å². The van der Waals surface area contributed by atoms with Crippen LogP contribution < -0.4 is 0 Å². The summed E-state index contributed by atoms with van der Waals surface area (Å²) in [4.78, 5) is 8.60. The van der Waals surface area contributed by atoms with Crippen LogP contribution in [0.5, 0.6) is 0 Å². The summed E-state index contributed by atoms with van der Waals surface area (Å²) in [6.45, 7) is 26.2. The van der Waals surface area contributed by atoms with E-state index in [-0.39, 0.29) is 16.6 Å². The van der Waals surface area contributed by atoms with Crippen LogP contribution >= 0.6 is 0 Å². The van der Waals surface area contributed by atoms with E-state index in [0.29, 0.717) is 16.2 Å².